The van der Waals surface area contributed by atoms with Crippen molar-refractivity contribution in [2.75, 3.05) is 19.7 Å². The van der Waals surface area contributed by atoms with Crippen LogP contribution in [0.3, 0.4) is 0 Å². The van der Waals surface area contributed by atoms with E-state index in [1.54, 1.807) is 11.0 Å². The number of ether oxygens (including phenoxy) is 1. The van der Waals surface area contributed by atoms with E-state index in [0.29, 0.717) is 33.9 Å². The highest BCUT2D eigenvalue weighted by molar-refractivity contribution is 7.20. The van der Waals surface area contributed by atoms with Gasteiger partial charge in [-0.2, -0.15) is 0 Å². The molecule has 1 aromatic carbocycles. The Kier molecular flexibility index (Phi) is 4.50. The largest absolute Gasteiger partial charge is 0.370 e. The average Bonchev–Trinajstić information content (AvgIpc) is 2.86. The second-order valence-electron chi connectivity index (χ2n) is 4.76. The maximum Gasteiger partial charge on any atom is 0.256 e. The summed E-state index contributed by atoms with van der Waals surface area (Å²) in [5.74, 6) is -0.0904. The standard InChI is InChI=1S/C15H13Cl2NO2S/c16-13-8-11(14(17)21-13)15(19)18-6-7-20-12(9-18)10-4-2-1-3-5-10/h1-5,8,12H,6-7,9H2. The van der Waals surface area contributed by atoms with Crippen molar-refractivity contribution in [3.8, 4) is 0 Å². The summed E-state index contributed by atoms with van der Waals surface area (Å²) in [6, 6.07) is 11.5. The minimum Gasteiger partial charge on any atom is -0.370 e. The topological polar surface area (TPSA) is 29.5 Å². The van der Waals surface area contributed by atoms with Crippen molar-refractivity contribution in [3.05, 3.63) is 56.2 Å². The van der Waals surface area contributed by atoms with Gasteiger partial charge in [-0.25, -0.2) is 0 Å². The summed E-state index contributed by atoms with van der Waals surface area (Å²) in [6.45, 7) is 1.60. The zero-order valence-electron chi connectivity index (χ0n) is 11.1. The highest BCUT2D eigenvalue weighted by atomic mass is 35.5. The average molecular weight is 342 g/mol. The normalized spacial score (nSPS) is 18.8. The third-order valence-corrected chi connectivity index (χ3v) is 4.90. The number of morpholine rings is 1. The Morgan fingerprint density at radius 1 is 1.29 bits per heavy atom. The molecule has 6 heteroatoms. The van der Waals surface area contributed by atoms with Gasteiger partial charge in [0.05, 0.1) is 23.1 Å². The summed E-state index contributed by atoms with van der Waals surface area (Å²) >= 11 is 13.2. The van der Waals surface area contributed by atoms with E-state index < -0.39 is 0 Å². The van der Waals surface area contributed by atoms with E-state index in [2.05, 4.69) is 0 Å². The lowest BCUT2D eigenvalue weighted by molar-refractivity contribution is -0.0228. The maximum absolute atomic E-state index is 12.5. The summed E-state index contributed by atoms with van der Waals surface area (Å²) in [4.78, 5) is 14.3. The smallest absolute Gasteiger partial charge is 0.256 e. The molecule has 1 fully saturated rings. The first kappa shape index (κ1) is 14.9. The maximum atomic E-state index is 12.5. The van der Waals surface area contributed by atoms with Gasteiger partial charge in [-0.1, -0.05) is 53.5 Å². The van der Waals surface area contributed by atoms with Crippen LogP contribution >= 0.6 is 34.5 Å². The SMILES string of the molecule is O=C(c1cc(Cl)sc1Cl)N1CCOC(c2ccccc2)C1. The first-order chi connectivity index (χ1) is 10.1. The lowest BCUT2D eigenvalue weighted by atomic mass is 10.1. The number of carbonyl (C=O) groups excluding carboxylic acids is 1. The molecule has 0 radical (unpaired) electrons. The molecule has 1 unspecified atom stereocenters. The van der Waals surface area contributed by atoms with E-state index in [-0.39, 0.29) is 12.0 Å². The van der Waals surface area contributed by atoms with Crippen LogP contribution in [0, 0.1) is 0 Å². The lowest BCUT2D eigenvalue weighted by Crippen LogP contribution is -2.42. The molecule has 1 aliphatic rings. The van der Waals surface area contributed by atoms with Crippen molar-refractivity contribution < 1.29 is 9.53 Å². The fourth-order valence-corrected chi connectivity index (χ4v) is 3.81. The van der Waals surface area contributed by atoms with Gasteiger partial charge in [0.25, 0.3) is 5.91 Å². The molecule has 3 rings (SSSR count). The van der Waals surface area contributed by atoms with Gasteiger partial charge < -0.3 is 9.64 Å². The van der Waals surface area contributed by atoms with Crippen LogP contribution in [0.25, 0.3) is 0 Å². The van der Waals surface area contributed by atoms with Crippen molar-refractivity contribution in [1.82, 2.24) is 4.90 Å². The summed E-state index contributed by atoms with van der Waals surface area (Å²) in [7, 11) is 0. The third kappa shape index (κ3) is 3.24. The lowest BCUT2D eigenvalue weighted by Gasteiger charge is -2.33. The predicted octanol–water partition coefficient (Wildman–Crippen LogP) is 4.27. The van der Waals surface area contributed by atoms with Gasteiger partial charge in [0.15, 0.2) is 0 Å². The molecular weight excluding hydrogens is 329 g/mol. The summed E-state index contributed by atoms with van der Waals surface area (Å²) in [5.41, 5.74) is 1.55. The highest BCUT2D eigenvalue weighted by Gasteiger charge is 2.27. The molecular formula is C15H13Cl2NO2S. The Hall–Kier alpha value is -1.07. The molecule has 0 bridgehead atoms. The van der Waals surface area contributed by atoms with Crippen LogP contribution in [0.15, 0.2) is 36.4 Å². The molecule has 110 valence electrons. The number of carbonyl (C=O) groups is 1. The van der Waals surface area contributed by atoms with Crippen molar-refractivity contribution in [2.45, 2.75) is 6.10 Å². The van der Waals surface area contributed by atoms with Crippen molar-refractivity contribution in [1.29, 1.82) is 0 Å². The fourth-order valence-electron chi connectivity index (χ4n) is 2.36. The molecule has 2 heterocycles. The number of hydrogen-bond donors (Lipinski definition) is 0. The van der Waals surface area contributed by atoms with Crippen LogP contribution in [0.4, 0.5) is 0 Å². The van der Waals surface area contributed by atoms with Crippen LogP contribution in [-0.4, -0.2) is 30.5 Å². The number of thiophene rings is 1. The number of rotatable bonds is 2. The molecule has 21 heavy (non-hydrogen) atoms. The van der Waals surface area contributed by atoms with E-state index in [0.717, 1.165) is 5.56 Å². The van der Waals surface area contributed by atoms with Crippen molar-refractivity contribution in [2.24, 2.45) is 0 Å². The third-order valence-electron chi connectivity index (χ3n) is 3.41. The molecule has 1 amide bonds. The van der Waals surface area contributed by atoms with Gasteiger partial charge in [-0.05, 0) is 11.6 Å². The predicted molar refractivity (Wildman–Crippen MR) is 85.4 cm³/mol. The van der Waals surface area contributed by atoms with Crippen molar-refractivity contribution >= 4 is 40.4 Å². The molecule has 1 aliphatic heterocycles. The fraction of sp³-hybridized carbons (Fsp3) is 0.267. The van der Waals surface area contributed by atoms with Crippen LogP contribution < -0.4 is 0 Å². The van der Waals surface area contributed by atoms with Crippen LogP contribution in [0.1, 0.15) is 22.0 Å². The van der Waals surface area contributed by atoms with Gasteiger partial charge in [-0.3, -0.25) is 4.79 Å². The number of amides is 1. The van der Waals surface area contributed by atoms with E-state index in [4.69, 9.17) is 27.9 Å². The van der Waals surface area contributed by atoms with Crippen molar-refractivity contribution in [3.63, 3.8) is 0 Å². The van der Waals surface area contributed by atoms with E-state index >= 15 is 0 Å². The highest BCUT2D eigenvalue weighted by Crippen LogP contribution is 2.33. The molecule has 3 nitrogen and oxygen atoms in total. The Morgan fingerprint density at radius 2 is 2.05 bits per heavy atom. The van der Waals surface area contributed by atoms with Crippen LogP contribution in [-0.2, 0) is 4.74 Å². The molecule has 1 aromatic heterocycles. The van der Waals surface area contributed by atoms with E-state index in [9.17, 15) is 4.79 Å². The van der Waals surface area contributed by atoms with Gasteiger partial charge >= 0.3 is 0 Å². The monoisotopic (exact) mass is 341 g/mol. The van der Waals surface area contributed by atoms with Crippen LogP contribution in [0.5, 0.6) is 0 Å². The zero-order valence-corrected chi connectivity index (χ0v) is 13.4. The molecule has 0 saturated carbocycles. The molecule has 2 aromatic rings. The number of nitrogens with zero attached hydrogens (tertiary/aromatic N) is 1. The molecule has 0 spiro atoms. The van der Waals surface area contributed by atoms with Crippen LogP contribution in [0.2, 0.25) is 8.67 Å². The van der Waals surface area contributed by atoms with Gasteiger partial charge in [0.1, 0.15) is 10.4 Å². The molecule has 0 N–H and O–H groups in total. The molecule has 0 aliphatic carbocycles. The number of halogens is 2. The molecule has 1 saturated heterocycles. The minimum absolute atomic E-state index is 0.0904. The second-order valence-corrected chi connectivity index (χ2v) is 7.04. The van der Waals surface area contributed by atoms with E-state index in [1.165, 1.54) is 11.3 Å². The Balaban J connectivity index is 1.77. The zero-order chi connectivity index (χ0) is 14.8. The number of hydrogen-bond acceptors (Lipinski definition) is 3. The Labute approximate surface area is 137 Å². The van der Waals surface area contributed by atoms with Gasteiger partial charge in [0, 0.05) is 6.54 Å². The quantitative estimate of drug-likeness (QED) is 0.816. The Bertz CT molecular complexity index is 644. The summed E-state index contributed by atoms with van der Waals surface area (Å²) < 4.78 is 6.73. The minimum atomic E-state index is -0.100. The second kappa shape index (κ2) is 6.36. The first-order valence-electron chi connectivity index (χ1n) is 6.56. The summed E-state index contributed by atoms with van der Waals surface area (Å²) in [5, 5.41) is 0. The van der Waals surface area contributed by atoms with Gasteiger partial charge in [-0.15, -0.1) is 11.3 Å². The molecule has 1 atom stereocenters. The van der Waals surface area contributed by atoms with E-state index in [1.807, 2.05) is 30.3 Å². The first-order valence-corrected chi connectivity index (χ1v) is 8.13. The number of benzene rings is 1. The Morgan fingerprint density at radius 3 is 2.71 bits per heavy atom. The van der Waals surface area contributed by atoms with Gasteiger partial charge in [0.2, 0.25) is 0 Å². The summed E-state index contributed by atoms with van der Waals surface area (Å²) in [6.07, 6.45) is -0.100.